The number of hydrogen-bond acceptors (Lipinski definition) is 3. The Bertz CT molecular complexity index is 919. The third kappa shape index (κ3) is 3.99. The molecule has 3 aromatic rings. The van der Waals surface area contributed by atoms with Crippen molar-refractivity contribution in [2.75, 3.05) is 0 Å². The highest BCUT2D eigenvalue weighted by atomic mass is 16.2. The molecule has 2 heterocycles. The summed E-state index contributed by atoms with van der Waals surface area (Å²) in [7, 11) is 0. The van der Waals surface area contributed by atoms with Gasteiger partial charge in [-0.05, 0) is 18.1 Å². The summed E-state index contributed by atoms with van der Waals surface area (Å²) in [6, 6.07) is 7.47. The van der Waals surface area contributed by atoms with E-state index in [0.717, 1.165) is 23.3 Å². The molecule has 0 unspecified atom stereocenters. The average molecular weight is 341 g/mol. The molecule has 2 N–H and O–H groups in total. The van der Waals surface area contributed by atoms with Crippen molar-refractivity contribution in [3.63, 3.8) is 0 Å². The Morgan fingerprint density at radius 3 is 2.92 bits per heavy atom. The van der Waals surface area contributed by atoms with Gasteiger partial charge in [0.2, 0.25) is 5.91 Å². The molecule has 0 fully saturated rings. The molecule has 132 valence electrons. The van der Waals surface area contributed by atoms with Crippen LogP contribution in [0.3, 0.4) is 0 Å². The summed E-state index contributed by atoms with van der Waals surface area (Å²) in [6.07, 6.45) is 3.81. The molecule has 2 aromatic heterocycles. The van der Waals surface area contributed by atoms with Crippen molar-refractivity contribution in [3.05, 3.63) is 53.0 Å². The summed E-state index contributed by atoms with van der Waals surface area (Å²) in [4.78, 5) is 31.1. The van der Waals surface area contributed by atoms with Crippen molar-refractivity contribution in [2.45, 2.75) is 39.9 Å². The first kappa shape index (κ1) is 17.0. The molecule has 0 spiro atoms. The quantitative estimate of drug-likeness (QED) is 0.688. The van der Waals surface area contributed by atoms with Crippen LogP contribution in [0.15, 0.2) is 41.6 Å². The smallest absolute Gasteiger partial charge is 0.326 e. The number of aromatic nitrogens is 4. The van der Waals surface area contributed by atoms with E-state index < -0.39 is 0 Å². The van der Waals surface area contributed by atoms with Crippen LogP contribution in [0.4, 0.5) is 0 Å². The van der Waals surface area contributed by atoms with Gasteiger partial charge in [-0.2, -0.15) is 0 Å². The zero-order valence-corrected chi connectivity index (χ0v) is 14.5. The van der Waals surface area contributed by atoms with E-state index in [2.05, 4.69) is 33.7 Å². The number of fused-ring (bicyclic) bond motifs is 1. The van der Waals surface area contributed by atoms with Gasteiger partial charge in [0.25, 0.3) is 0 Å². The minimum absolute atomic E-state index is 0.0884. The van der Waals surface area contributed by atoms with Crippen LogP contribution in [-0.2, 0) is 24.4 Å². The van der Waals surface area contributed by atoms with E-state index in [0.29, 0.717) is 19.0 Å². The molecule has 7 heteroatoms. The van der Waals surface area contributed by atoms with Crippen molar-refractivity contribution >= 4 is 16.9 Å². The fraction of sp³-hybridized carbons (Fsp3) is 0.389. The van der Waals surface area contributed by atoms with E-state index in [1.807, 2.05) is 24.3 Å². The van der Waals surface area contributed by atoms with E-state index in [9.17, 15) is 9.59 Å². The molecule has 0 aliphatic heterocycles. The number of hydrogen-bond donors (Lipinski definition) is 2. The first-order chi connectivity index (χ1) is 12.0. The number of H-pyrrole nitrogens is 1. The van der Waals surface area contributed by atoms with Crippen LogP contribution in [0, 0.1) is 5.92 Å². The molecular weight excluding hydrogens is 318 g/mol. The topological polar surface area (TPSA) is 84.7 Å². The van der Waals surface area contributed by atoms with Crippen LogP contribution >= 0.6 is 0 Å². The van der Waals surface area contributed by atoms with Gasteiger partial charge in [-0.1, -0.05) is 26.0 Å². The SMILES string of the molecule is CC(C)Cn1cncc1CNC(=O)CCn1c(=O)[nH]c2ccccc21. The summed E-state index contributed by atoms with van der Waals surface area (Å²) < 4.78 is 3.65. The number of carbonyl (C=O) groups excluding carboxylic acids is 1. The molecule has 0 bridgehead atoms. The zero-order chi connectivity index (χ0) is 17.8. The highest BCUT2D eigenvalue weighted by Crippen LogP contribution is 2.09. The van der Waals surface area contributed by atoms with Crippen molar-refractivity contribution in [1.29, 1.82) is 0 Å². The maximum atomic E-state index is 12.1. The number of carbonyl (C=O) groups is 1. The third-order valence-electron chi connectivity index (χ3n) is 4.07. The van der Waals surface area contributed by atoms with Crippen molar-refractivity contribution in [3.8, 4) is 0 Å². The van der Waals surface area contributed by atoms with E-state index in [4.69, 9.17) is 0 Å². The van der Waals surface area contributed by atoms with Gasteiger partial charge < -0.3 is 14.9 Å². The van der Waals surface area contributed by atoms with Crippen LogP contribution in [0.1, 0.15) is 26.0 Å². The Hall–Kier alpha value is -2.83. The van der Waals surface area contributed by atoms with Gasteiger partial charge in [-0.3, -0.25) is 9.36 Å². The zero-order valence-electron chi connectivity index (χ0n) is 14.5. The first-order valence-corrected chi connectivity index (χ1v) is 8.48. The maximum absolute atomic E-state index is 12.1. The molecule has 0 saturated carbocycles. The number of imidazole rings is 2. The molecule has 0 saturated heterocycles. The number of aryl methyl sites for hydroxylation is 1. The van der Waals surface area contributed by atoms with Gasteiger partial charge in [0.05, 0.1) is 29.6 Å². The molecule has 1 amide bonds. The van der Waals surface area contributed by atoms with Gasteiger partial charge in [0, 0.05) is 25.7 Å². The predicted octanol–water partition coefficient (Wildman–Crippen LogP) is 1.89. The van der Waals surface area contributed by atoms with Crippen LogP contribution < -0.4 is 11.0 Å². The lowest BCUT2D eigenvalue weighted by Crippen LogP contribution is -2.27. The number of benzene rings is 1. The lowest BCUT2D eigenvalue weighted by atomic mass is 10.2. The molecule has 25 heavy (non-hydrogen) atoms. The number of amides is 1. The lowest BCUT2D eigenvalue weighted by molar-refractivity contribution is -0.121. The number of nitrogens with one attached hydrogen (secondary N) is 2. The Balaban J connectivity index is 1.57. The van der Waals surface area contributed by atoms with Gasteiger partial charge >= 0.3 is 5.69 Å². The van der Waals surface area contributed by atoms with Crippen molar-refractivity contribution in [2.24, 2.45) is 5.92 Å². The normalized spacial score (nSPS) is 11.3. The van der Waals surface area contributed by atoms with Crippen molar-refractivity contribution in [1.82, 2.24) is 24.4 Å². The minimum atomic E-state index is -0.191. The van der Waals surface area contributed by atoms with Crippen LogP contribution in [0.2, 0.25) is 0 Å². The van der Waals surface area contributed by atoms with E-state index >= 15 is 0 Å². The molecular formula is C18H23N5O2. The molecule has 3 rings (SSSR count). The number of para-hydroxylation sites is 2. The molecule has 0 radical (unpaired) electrons. The maximum Gasteiger partial charge on any atom is 0.326 e. The molecule has 0 aliphatic carbocycles. The Kier molecular flexibility index (Phi) is 5.02. The fourth-order valence-corrected chi connectivity index (χ4v) is 2.87. The number of aromatic amines is 1. The Labute approximate surface area is 145 Å². The summed E-state index contributed by atoms with van der Waals surface area (Å²) in [5.74, 6) is 0.423. The van der Waals surface area contributed by atoms with Gasteiger partial charge in [-0.25, -0.2) is 9.78 Å². The van der Waals surface area contributed by atoms with Crippen LogP contribution in [0.5, 0.6) is 0 Å². The summed E-state index contributed by atoms with van der Waals surface area (Å²) >= 11 is 0. The fourth-order valence-electron chi connectivity index (χ4n) is 2.87. The third-order valence-corrected chi connectivity index (χ3v) is 4.07. The average Bonchev–Trinajstić information content (AvgIpc) is 3.13. The highest BCUT2D eigenvalue weighted by molar-refractivity contribution is 5.77. The number of nitrogens with zero attached hydrogens (tertiary/aromatic N) is 3. The minimum Gasteiger partial charge on any atom is -0.350 e. The van der Waals surface area contributed by atoms with Crippen molar-refractivity contribution < 1.29 is 4.79 Å². The van der Waals surface area contributed by atoms with Crippen LogP contribution in [0.25, 0.3) is 11.0 Å². The van der Waals surface area contributed by atoms with Gasteiger partial charge in [0.15, 0.2) is 0 Å². The largest absolute Gasteiger partial charge is 0.350 e. The lowest BCUT2D eigenvalue weighted by Gasteiger charge is -2.11. The summed E-state index contributed by atoms with van der Waals surface area (Å²) in [5.41, 5.74) is 2.39. The van der Waals surface area contributed by atoms with Gasteiger partial charge in [0.1, 0.15) is 0 Å². The van der Waals surface area contributed by atoms with Crippen LogP contribution in [-0.4, -0.2) is 25.0 Å². The number of rotatable bonds is 7. The Morgan fingerprint density at radius 1 is 1.32 bits per heavy atom. The molecule has 0 aliphatic rings. The first-order valence-electron chi connectivity index (χ1n) is 8.48. The Morgan fingerprint density at radius 2 is 2.12 bits per heavy atom. The van der Waals surface area contributed by atoms with E-state index in [1.54, 1.807) is 17.1 Å². The summed E-state index contributed by atoms with van der Waals surface area (Å²) in [6.45, 7) is 5.94. The molecule has 7 nitrogen and oxygen atoms in total. The van der Waals surface area contributed by atoms with E-state index in [-0.39, 0.29) is 18.0 Å². The highest BCUT2D eigenvalue weighted by Gasteiger charge is 2.10. The monoisotopic (exact) mass is 341 g/mol. The molecule has 0 atom stereocenters. The standard InChI is InChI=1S/C18H23N5O2/c1-13(2)11-22-12-19-9-14(22)10-20-17(24)7-8-23-16-6-4-3-5-15(16)21-18(23)25/h3-6,9,12-13H,7-8,10-11H2,1-2H3,(H,20,24)(H,21,25). The summed E-state index contributed by atoms with van der Waals surface area (Å²) in [5, 5.41) is 2.90. The predicted molar refractivity (Wildman–Crippen MR) is 96.1 cm³/mol. The second-order valence-electron chi connectivity index (χ2n) is 6.56. The van der Waals surface area contributed by atoms with Gasteiger partial charge in [-0.15, -0.1) is 0 Å². The second kappa shape index (κ2) is 7.38. The molecule has 1 aromatic carbocycles. The second-order valence-corrected chi connectivity index (χ2v) is 6.56. The van der Waals surface area contributed by atoms with E-state index in [1.165, 1.54) is 0 Å².